The summed E-state index contributed by atoms with van der Waals surface area (Å²) in [6.07, 6.45) is 2.39. The lowest BCUT2D eigenvalue weighted by molar-refractivity contribution is 1.03. The Morgan fingerprint density at radius 2 is 2.38 bits per heavy atom. The number of nitrogens with two attached hydrogens (primary N) is 1. The molecule has 13 heavy (non-hydrogen) atoms. The third kappa shape index (κ3) is 3.06. The molecule has 1 rings (SSSR count). The Hall–Kier alpha value is -1.04. The molecule has 0 bridgehead atoms. The number of nitrogens with zero attached hydrogens (tertiary/aromatic N) is 1. The van der Waals surface area contributed by atoms with Crippen molar-refractivity contribution in [1.82, 2.24) is 4.98 Å². The van der Waals surface area contributed by atoms with Gasteiger partial charge in [-0.15, -0.1) is 0 Å². The zero-order chi connectivity index (χ0) is 9.68. The Kier molecular flexibility index (Phi) is 3.75. The second kappa shape index (κ2) is 4.86. The normalized spacial score (nSPS) is 9.15. The zero-order valence-corrected chi connectivity index (χ0v) is 8.23. The third-order valence-electron chi connectivity index (χ3n) is 1.57. The van der Waals surface area contributed by atoms with Gasteiger partial charge in [0, 0.05) is 24.7 Å². The predicted molar refractivity (Wildman–Crippen MR) is 54.5 cm³/mol. The van der Waals surface area contributed by atoms with Crippen molar-refractivity contribution in [3.63, 3.8) is 0 Å². The summed E-state index contributed by atoms with van der Waals surface area (Å²) in [5, 5.41) is 0.502. The van der Waals surface area contributed by atoms with Crippen LogP contribution in [0.1, 0.15) is 17.5 Å². The average molecular weight is 195 g/mol. The molecule has 2 N–H and O–H groups in total. The topological polar surface area (TPSA) is 38.9 Å². The molecule has 0 atom stereocenters. The Morgan fingerprint density at radius 1 is 1.62 bits per heavy atom. The molecule has 0 saturated carbocycles. The SMILES string of the molecule is Cc1cc(Cl)ncc1C#CCCN. The molecule has 0 fully saturated rings. The van der Waals surface area contributed by atoms with Gasteiger partial charge in [0.2, 0.25) is 0 Å². The van der Waals surface area contributed by atoms with Gasteiger partial charge in [0.25, 0.3) is 0 Å². The summed E-state index contributed by atoms with van der Waals surface area (Å²) in [4.78, 5) is 3.95. The highest BCUT2D eigenvalue weighted by Gasteiger charge is 1.95. The number of hydrogen-bond acceptors (Lipinski definition) is 2. The minimum absolute atomic E-state index is 0.502. The molecule has 0 aromatic carbocycles. The number of aryl methyl sites for hydroxylation is 1. The first-order chi connectivity index (χ1) is 6.24. The third-order valence-corrected chi connectivity index (χ3v) is 1.78. The Labute approximate surface area is 83.1 Å². The smallest absolute Gasteiger partial charge is 0.129 e. The molecular formula is C10H11ClN2. The van der Waals surface area contributed by atoms with Crippen molar-refractivity contribution in [2.24, 2.45) is 5.73 Å². The summed E-state index contributed by atoms with van der Waals surface area (Å²) < 4.78 is 0. The fraction of sp³-hybridized carbons (Fsp3) is 0.300. The quantitative estimate of drug-likeness (QED) is 0.547. The van der Waals surface area contributed by atoms with Gasteiger partial charge in [-0.1, -0.05) is 23.4 Å². The monoisotopic (exact) mass is 194 g/mol. The van der Waals surface area contributed by atoms with Gasteiger partial charge in [0.05, 0.1) is 0 Å². The molecule has 0 unspecified atom stereocenters. The minimum atomic E-state index is 0.502. The van der Waals surface area contributed by atoms with Crippen LogP contribution in [-0.2, 0) is 0 Å². The van der Waals surface area contributed by atoms with Crippen molar-refractivity contribution in [2.75, 3.05) is 6.54 Å². The number of halogens is 1. The first-order valence-electron chi connectivity index (χ1n) is 4.05. The van der Waals surface area contributed by atoms with Gasteiger partial charge in [0.1, 0.15) is 5.15 Å². The standard InChI is InChI=1S/C10H11ClN2/c1-8-6-10(11)13-7-9(8)4-2-3-5-12/h6-7H,3,5,12H2,1H3. The van der Waals surface area contributed by atoms with E-state index in [1.165, 1.54) is 0 Å². The van der Waals surface area contributed by atoms with Crippen LogP contribution in [0.15, 0.2) is 12.3 Å². The van der Waals surface area contributed by atoms with Crippen molar-refractivity contribution in [3.05, 3.63) is 28.5 Å². The van der Waals surface area contributed by atoms with E-state index >= 15 is 0 Å². The number of aromatic nitrogens is 1. The minimum Gasteiger partial charge on any atom is -0.330 e. The number of rotatable bonds is 1. The molecule has 3 heteroatoms. The van der Waals surface area contributed by atoms with Crippen molar-refractivity contribution >= 4 is 11.6 Å². The van der Waals surface area contributed by atoms with Crippen LogP contribution in [0.3, 0.4) is 0 Å². The van der Waals surface area contributed by atoms with Crippen LogP contribution in [0.5, 0.6) is 0 Å². The second-order valence-corrected chi connectivity index (χ2v) is 3.05. The van der Waals surface area contributed by atoms with Crippen molar-refractivity contribution in [3.8, 4) is 11.8 Å². The molecule has 0 aliphatic carbocycles. The lowest BCUT2D eigenvalue weighted by atomic mass is 10.2. The van der Waals surface area contributed by atoms with Gasteiger partial charge in [-0.2, -0.15) is 0 Å². The van der Waals surface area contributed by atoms with Crippen LogP contribution in [0.25, 0.3) is 0 Å². The molecular weight excluding hydrogens is 184 g/mol. The molecule has 0 saturated heterocycles. The van der Waals surface area contributed by atoms with Crippen LogP contribution < -0.4 is 5.73 Å². The predicted octanol–water partition coefficient (Wildman–Crippen LogP) is 1.74. The fourth-order valence-electron chi connectivity index (χ4n) is 0.882. The van der Waals surface area contributed by atoms with Crippen LogP contribution in [0, 0.1) is 18.8 Å². The van der Waals surface area contributed by atoms with Crippen molar-refractivity contribution < 1.29 is 0 Å². The molecule has 1 heterocycles. The van der Waals surface area contributed by atoms with Crippen LogP contribution in [0.4, 0.5) is 0 Å². The zero-order valence-electron chi connectivity index (χ0n) is 7.47. The molecule has 0 aliphatic rings. The summed E-state index contributed by atoms with van der Waals surface area (Å²) in [5.41, 5.74) is 7.28. The van der Waals surface area contributed by atoms with Crippen LogP contribution in [0.2, 0.25) is 5.15 Å². The van der Waals surface area contributed by atoms with Gasteiger partial charge in [-0.05, 0) is 18.6 Å². The summed E-state index contributed by atoms with van der Waals surface area (Å²) in [6.45, 7) is 2.55. The van der Waals surface area contributed by atoms with E-state index in [2.05, 4.69) is 16.8 Å². The van der Waals surface area contributed by atoms with E-state index in [1.807, 2.05) is 6.92 Å². The van der Waals surface area contributed by atoms with Crippen LogP contribution in [-0.4, -0.2) is 11.5 Å². The van der Waals surface area contributed by atoms with E-state index in [4.69, 9.17) is 17.3 Å². The Bertz CT molecular complexity index is 350. The molecule has 68 valence electrons. The molecule has 0 aliphatic heterocycles. The molecule has 0 amide bonds. The summed E-state index contributed by atoms with van der Waals surface area (Å²) >= 11 is 5.70. The summed E-state index contributed by atoms with van der Waals surface area (Å²) in [6, 6.07) is 1.80. The van der Waals surface area contributed by atoms with Gasteiger partial charge in [-0.3, -0.25) is 0 Å². The average Bonchev–Trinajstić information content (AvgIpc) is 2.09. The lowest BCUT2D eigenvalue weighted by Crippen LogP contribution is -1.95. The maximum absolute atomic E-state index is 5.70. The van der Waals surface area contributed by atoms with Gasteiger partial charge >= 0.3 is 0 Å². The van der Waals surface area contributed by atoms with E-state index in [9.17, 15) is 0 Å². The van der Waals surface area contributed by atoms with Gasteiger partial charge < -0.3 is 5.73 Å². The summed E-state index contributed by atoms with van der Waals surface area (Å²) in [5.74, 6) is 5.94. The molecule has 0 spiro atoms. The summed E-state index contributed by atoms with van der Waals surface area (Å²) in [7, 11) is 0. The van der Waals surface area contributed by atoms with Gasteiger partial charge in [0.15, 0.2) is 0 Å². The second-order valence-electron chi connectivity index (χ2n) is 2.66. The number of pyridine rings is 1. The lowest BCUT2D eigenvalue weighted by Gasteiger charge is -1.96. The first kappa shape index (κ1) is 10.0. The van der Waals surface area contributed by atoms with Crippen LogP contribution >= 0.6 is 11.6 Å². The highest BCUT2D eigenvalue weighted by atomic mass is 35.5. The Balaban J connectivity index is 2.85. The van der Waals surface area contributed by atoms with E-state index in [0.717, 1.165) is 11.1 Å². The van der Waals surface area contributed by atoms with E-state index in [0.29, 0.717) is 18.1 Å². The molecule has 1 aromatic rings. The van der Waals surface area contributed by atoms with E-state index in [1.54, 1.807) is 12.3 Å². The fourth-order valence-corrected chi connectivity index (χ4v) is 1.09. The highest BCUT2D eigenvalue weighted by molar-refractivity contribution is 6.29. The largest absolute Gasteiger partial charge is 0.330 e. The van der Waals surface area contributed by atoms with Crippen molar-refractivity contribution in [2.45, 2.75) is 13.3 Å². The number of hydrogen-bond donors (Lipinski definition) is 1. The maximum atomic E-state index is 5.70. The first-order valence-corrected chi connectivity index (χ1v) is 4.43. The van der Waals surface area contributed by atoms with Crippen molar-refractivity contribution in [1.29, 1.82) is 0 Å². The molecule has 0 radical (unpaired) electrons. The maximum Gasteiger partial charge on any atom is 0.129 e. The Morgan fingerprint density at radius 3 is 3.00 bits per heavy atom. The molecule has 1 aromatic heterocycles. The van der Waals surface area contributed by atoms with E-state index in [-0.39, 0.29) is 0 Å². The van der Waals surface area contributed by atoms with Gasteiger partial charge in [-0.25, -0.2) is 4.98 Å². The molecule has 2 nitrogen and oxygen atoms in total. The van der Waals surface area contributed by atoms with E-state index < -0.39 is 0 Å². The highest BCUT2D eigenvalue weighted by Crippen LogP contribution is 2.10.